The summed E-state index contributed by atoms with van der Waals surface area (Å²) in [5.74, 6) is 0.893. The first kappa shape index (κ1) is 26.8. The molecule has 1 heterocycles. The monoisotopic (exact) mass is 367 g/mol. The zero-order valence-electron chi connectivity index (χ0n) is 18.5. The van der Waals surface area contributed by atoms with Crippen molar-refractivity contribution < 1.29 is 0 Å². The highest BCUT2D eigenvalue weighted by Gasteiger charge is 2.29. The highest BCUT2D eigenvalue weighted by molar-refractivity contribution is 7.82. The van der Waals surface area contributed by atoms with Crippen LogP contribution in [0.5, 0.6) is 0 Å². The van der Waals surface area contributed by atoms with E-state index in [1.165, 1.54) is 31.5 Å². The van der Waals surface area contributed by atoms with Crippen molar-refractivity contribution in [3.63, 3.8) is 0 Å². The third-order valence-corrected chi connectivity index (χ3v) is 5.01. The molecule has 148 valence electrons. The molecule has 1 aliphatic heterocycles. The molecule has 1 rings (SSSR count). The van der Waals surface area contributed by atoms with Gasteiger partial charge < -0.3 is 4.90 Å². The number of hydrogen-bond donors (Lipinski definition) is 1. The lowest BCUT2D eigenvalue weighted by atomic mass is 9.90. The van der Waals surface area contributed by atoms with Crippen LogP contribution < -0.4 is 0 Å². The van der Waals surface area contributed by atoms with Crippen molar-refractivity contribution in [2.24, 2.45) is 5.92 Å². The first-order valence-electron chi connectivity index (χ1n) is 10.3. The first-order chi connectivity index (χ1) is 11.9. The van der Waals surface area contributed by atoms with Crippen LogP contribution in [0, 0.1) is 5.92 Å². The van der Waals surface area contributed by atoms with Crippen LogP contribution in [0.3, 0.4) is 0 Å². The summed E-state index contributed by atoms with van der Waals surface area (Å²) in [4.78, 5) is 2.64. The predicted molar refractivity (Wildman–Crippen MR) is 122 cm³/mol. The van der Waals surface area contributed by atoms with E-state index in [1.807, 2.05) is 27.7 Å². The summed E-state index contributed by atoms with van der Waals surface area (Å²) >= 11 is 4.99. The predicted octanol–water partition coefficient (Wildman–Crippen LogP) is 7.32. The number of nitrogens with zero attached hydrogens (tertiary/aromatic N) is 1. The quantitative estimate of drug-likeness (QED) is 0.380. The summed E-state index contributed by atoms with van der Waals surface area (Å²) in [7, 11) is 0. The molecule has 0 N–H and O–H groups in total. The molecule has 1 nitrogen and oxygen atoms in total. The van der Waals surface area contributed by atoms with Gasteiger partial charge in [-0.05, 0) is 71.5 Å². The minimum Gasteiger partial charge on any atom is -0.301 e. The van der Waals surface area contributed by atoms with Crippen molar-refractivity contribution in [1.82, 2.24) is 4.90 Å². The second kappa shape index (κ2) is 15.8. The topological polar surface area (TPSA) is 3.24 Å². The molecule has 2 unspecified atom stereocenters. The molecular formula is C23H45NS. The lowest BCUT2D eigenvalue weighted by Crippen LogP contribution is -2.42. The molecule has 0 aromatic heterocycles. The average Bonchev–Trinajstić information content (AvgIpc) is 2.62. The van der Waals surface area contributed by atoms with Crippen molar-refractivity contribution >= 4 is 12.6 Å². The van der Waals surface area contributed by atoms with Gasteiger partial charge in [0.15, 0.2) is 0 Å². The van der Waals surface area contributed by atoms with Gasteiger partial charge in [-0.1, -0.05) is 65.0 Å². The Labute approximate surface area is 165 Å². The molecule has 0 aliphatic carbocycles. The zero-order valence-corrected chi connectivity index (χ0v) is 19.4. The summed E-state index contributed by atoms with van der Waals surface area (Å²) in [6, 6.07) is 0.583. The molecule has 0 amide bonds. The van der Waals surface area contributed by atoms with Gasteiger partial charge in [-0.2, -0.15) is 12.6 Å². The van der Waals surface area contributed by atoms with Gasteiger partial charge in [0.25, 0.3) is 0 Å². The normalized spacial score (nSPS) is 20.5. The Hall–Kier alpha value is -0.470. The van der Waals surface area contributed by atoms with E-state index in [9.17, 15) is 0 Å². The summed E-state index contributed by atoms with van der Waals surface area (Å²) in [5, 5.41) is 0. The second-order valence-electron chi connectivity index (χ2n) is 6.69. The average molecular weight is 368 g/mol. The third-order valence-electron chi connectivity index (χ3n) is 4.57. The number of likely N-dealkylation sites (tertiary alicyclic amines) is 1. The lowest BCUT2D eigenvalue weighted by Gasteiger charge is -2.38. The molecule has 0 spiro atoms. The van der Waals surface area contributed by atoms with E-state index < -0.39 is 0 Å². The molecule has 0 aromatic carbocycles. The maximum Gasteiger partial charge on any atom is 0.0364 e. The van der Waals surface area contributed by atoms with Gasteiger partial charge in [0, 0.05) is 10.8 Å². The van der Waals surface area contributed by atoms with E-state index in [0.717, 1.165) is 12.3 Å². The Bertz CT molecular complexity index is 385. The molecular weight excluding hydrogens is 322 g/mol. The minimum atomic E-state index is -0.0888. The molecule has 2 heteroatoms. The Morgan fingerprint density at radius 3 is 2.08 bits per heavy atom. The largest absolute Gasteiger partial charge is 0.301 e. The molecule has 25 heavy (non-hydrogen) atoms. The smallest absolute Gasteiger partial charge is 0.0364 e. The Kier molecular flexibility index (Phi) is 16.9. The Morgan fingerprint density at radius 1 is 1.12 bits per heavy atom. The van der Waals surface area contributed by atoms with Crippen molar-refractivity contribution in [1.29, 1.82) is 0 Å². The van der Waals surface area contributed by atoms with Gasteiger partial charge in [0.05, 0.1) is 0 Å². The fraction of sp³-hybridized carbons (Fsp3) is 0.739. The van der Waals surface area contributed by atoms with Crippen LogP contribution in [-0.4, -0.2) is 28.8 Å². The Morgan fingerprint density at radius 2 is 1.64 bits per heavy atom. The molecule has 0 radical (unpaired) electrons. The van der Waals surface area contributed by atoms with Crippen molar-refractivity contribution in [3.05, 3.63) is 36.0 Å². The molecule has 0 bridgehead atoms. The van der Waals surface area contributed by atoms with E-state index in [4.69, 9.17) is 12.6 Å². The number of piperidine rings is 1. The summed E-state index contributed by atoms with van der Waals surface area (Å²) in [6.07, 6.45) is 14.4. The molecule has 1 aliphatic rings. The molecule has 0 aromatic rings. The van der Waals surface area contributed by atoms with Crippen LogP contribution in [0.1, 0.15) is 81.6 Å². The van der Waals surface area contributed by atoms with Crippen molar-refractivity contribution in [3.8, 4) is 0 Å². The van der Waals surface area contributed by atoms with Gasteiger partial charge in [0.2, 0.25) is 0 Å². The maximum absolute atomic E-state index is 4.99. The zero-order chi connectivity index (χ0) is 19.9. The summed E-state index contributed by atoms with van der Waals surface area (Å²) in [5.41, 5.74) is 1.30. The fourth-order valence-electron chi connectivity index (χ4n) is 3.09. The standard InChI is InChI=1S/C19H33NS.2C2H6/c1-6-8-10-18(9-7-2)19(5,21)15-17(4)20-13-11-16(3)12-14-20;2*1-2/h6-10,16-17,21H,11-15H2,1-5H3;2*1-2H3/b8-6-,9-7-,18-10+;;. The van der Waals surface area contributed by atoms with E-state index >= 15 is 0 Å². The second-order valence-corrected chi connectivity index (χ2v) is 7.68. The van der Waals surface area contributed by atoms with Crippen LogP contribution >= 0.6 is 12.6 Å². The molecule has 0 saturated carbocycles. The summed E-state index contributed by atoms with van der Waals surface area (Å²) in [6.45, 7) is 21.6. The van der Waals surface area contributed by atoms with Crippen LogP contribution in [0.4, 0.5) is 0 Å². The number of hydrogen-bond acceptors (Lipinski definition) is 2. The van der Waals surface area contributed by atoms with Crippen LogP contribution in [0.2, 0.25) is 0 Å². The Balaban J connectivity index is 0. The highest BCUT2D eigenvalue weighted by Crippen LogP contribution is 2.33. The van der Waals surface area contributed by atoms with E-state index in [-0.39, 0.29) is 4.75 Å². The van der Waals surface area contributed by atoms with Crippen LogP contribution in [0.15, 0.2) is 36.0 Å². The van der Waals surface area contributed by atoms with E-state index in [1.54, 1.807) is 0 Å². The van der Waals surface area contributed by atoms with Gasteiger partial charge in [-0.3, -0.25) is 0 Å². The lowest BCUT2D eigenvalue weighted by molar-refractivity contribution is 0.137. The third kappa shape index (κ3) is 11.0. The van der Waals surface area contributed by atoms with E-state index in [0.29, 0.717) is 6.04 Å². The minimum absolute atomic E-state index is 0.0888. The summed E-state index contributed by atoms with van der Waals surface area (Å²) < 4.78 is -0.0888. The fourth-order valence-corrected chi connectivity index (χ4v) is 3.50. The number of rotatable bonds is 6. The van der Waals surface area contributed by atoms with Gasteiger partial charge in [-0.15, -0.1) is 0 Å². The SMILES string of the molecule is CC.CC.C\C=C/C=C(\C=C/C)C(C)(S)CC(C)N1CCC(C)CC1. The van der Waals surface area contributed by atoms with Crippen LogP contribution in [0.25, 0.3) is 0 Å². The van der Waals surface area contributed by atoms with Crippen LogP contribution in [-0.2, 0) is 0 Å². The molecule has 1 saturated heterocycles. The highest BCUT2D eigenvalue weighted by atomic mass is 32.1. The van der Waals surface area contributed by atoms with Gasteiger partial charge >= 0.3 is 0 Å². The molecule has 1 fully saturated rings. The van der Waals surface area contributed by atoms with Crippen molar-refractivity contribution in [2.75, 3.05) is 13.1 Å². The maximum atomic E-state index is 4.99. The number of thiol groups is 1. The molecule has 2 atom stereocenters. The van der Waals surface area contributed by atoms with Crippen molar-refractivity contribution in [2.45, 2.75) is 92.4 Å². The first-order valence-corrected chi connectivity index (χ1v) is 10.8. The number of allylic oxidation sites excluding steroid dienone is 5. The van der Waals surface area contributed by atoms with E-state index in [2.05, 4.69) is 69.9 Å². The van der Waals surface area contributed by atoms with Gasteiger partial charge in [0.1, 0.15) is 0 Å². The van der Waals surface area contributed by atoms with Gasteiger partial charge in [-0.25, -0.2) is 0 Å².